The minimum atomic E-state index is -1.08. The van der Waals surface area contributed by atoms with Crippen molar-refractivity contribution in [2.75, 3.05) is 5.75 Å². The third-order valence-corrected chi connectivity index (χ3v) is 2.88. The molecule has 9 nitrogen and oxygen atoms in total. The molecule has 0 fully saturated rings. The van der Waals surface area contributed by atoms with Gasteiger partial charge in [0.1, 0.15) is 0 Å². The Bertz CT molecular complexity index is 522. The molecule has 0 spiro atoms. The van der Waals surface area contributed by atoms with E-state index in [9.17, 15) is 4.79 Å². The molecule has 0 amide bonds. The Morgan fingerprint density at radius 1 is 1.47 bits per heavy atom. The molecule has 10 heteroatoms. The number of rotatable bonds is 5. The number of tetrazole rings is 1. The first kappa shape index (κ1) is 11.5. The SMILES string of the molecule is Cn1nnnc1SCCn1cc(C(=O)O)nn1. The third kappa shape index (κ3) is 2.78. The number of hydrogen-bond acceptors (Lipinski definition) is 7. The first-order chi connectivity index (χ1) is 8.16. The number of nitrogens with zero attached hydrogens (tertiary/aromatic N) is 7. The molecule has 0 saturated carbocycles. The van der Waals surface area contributed by atoms with Crippen LogP contribution in [0.4, 0.5) is 0 Å². The summed E-state index contributed by atoms with van der Waals surface area (Å²) in [6.07, 6.45) is 1.39. The van der Waals surface area contributed by atoms with Gasteiger partial charge in [-0.15, -0.1) is 10.2 Å². The largest absolute Gasteiger partial charge is 0.476 e. The van der Waals surface area contributed by atoms with E-state index in [0.29, 0.717) is 17.5 Å². The zero-order chi connectivity index (χ0) is 12.3. The minimum absolute atomic E-state index is 0.0599. The van der Waals surface area contributed by atoms with Crippen LogP contribution in [-0.2, 0) is 13.6 Å². The zero-order valence-electron chi connectivity index (χ0n) is 8.89. The van der Waals surface area contributed by atoms with E-state index in [0.717, 1.165) is 0 Å². The lowest BCUT2D eigenvalue weighted by Gasteiger charge is -1.98. The highest BCUT2D eigenvalue weighted by molar-refractivity contribution is 7.99. The standard InChI is InChI=1S/C7H9N7O2S/c1-13-7(9-10-12-13)17-3-2-14-4-5(6(15)16)8-11-14/h4H,2-3H2,1H3,(H,15,16). The van der Waals surface area contributed by atoms with Gasteiger partial charge in [-0.2, -0.15) is 0 Å². The van der Waals surface area contributed by atoms with Crippen molar-refractivity contribution in [1.82, 2.24) is 35.2 Å². The van der Waals surface area contributed by atoms with Crippen molar-refractivity contribution in [3.63, 3.8) is 0 Å². The lowest BCUT2D eigenvalue weighted by molar-refractivity contribution is 0.0690. The van der Waals surface area contributed by atoms with Crippen molar-refractivity contribution in [3.05, 3.63) is 11.9 Å². The summed E-state index contributed by atoms with van der Waals surface area (Å²) in [6.45, 7) is 0.539. The van der Waals surface area contributed by atoms with Gasteiger partial charge in [0, 0.05) is 12.8 Å². The van der Waals surface area contributed by atoms with E-state index >= 15 is 0 Å². The van der Waals surface area contributed by atoms with E-state index in [1.165, 1.54) is 22.6 Å². The zero-order valence-corrected chi connectivity index (χ0v) is 9.70. The molecule has 0 atom stereocenters. The van der Waals surface area contributed by atoms with Gasteiger partial charge in [0.05, 0.1) is 12.7 Å². The van der Waals surface area contributed by atoms with Crippen molar-refractivity contribution in [1.29, 1.82) is 0 Å². The van der Waals surface area contributed by atoms with Crippen LogP contribution < -0.4 is 0 Å². The summed E-state index contributed by atoms with van der Waals surface area (Å²) in [4.78, 5) is 10.6. The minimum Gasteiger partial charge on any atom is -0.476 e. The second kappa shape index (κ2) is 4.91. The smallest absolute Gasteiger partial charge is 0.358 e. The van der Waals surface area contributed by atoms with E-state index in [-0.39, 0.29) is 5.69 Å². The highest BCUT2D eigenvalue weighted by atomic mass is 32.2. The number of hydrogen-bond donors (Lipinski definition) is 1. The topological polar surface area (TPSA) is 112 Å². The van der Waals surface area contributed by atoms with Gasteiger partial charge < -0.3 is 5.11 Å². The second-order valence-electron chi connectivity index (χ2n) is 3.11. The number of aryl methyl sites for hydroxylation is 2. The predicted molar refractivity (Wildman–Crippen MR) is 56.5 cm³/mol. The van der Waals surface area contributed by atoms with Gasteiger partial charge in [0.25, 0.3) is 0 Å². The molecule has 90 valence electrons. The first-order valence-corrected chi connectivity index (χ1v) is 5.64. The van der Waals surface area contributed by atoms with Crippen molar-refractivity contribution in [3.8, 4) is 0 Å². The molecule has 0 aliphatic heterocycles. The molecule has 0 bridgehead atoms. The Kier molecular flexibility index (Phi) is 3.32. The van der Waals surface area contributed by atoms with Gasteiger partial charge >= 0.3 is 5.97 Å². The third-order valence-electron chi connectivity index (χ3n) is 1.89. The monoisotopic (exact) mass is 255 g/mol. The van der Waals surface area contributed by atoms with E-state index in [2.05, 4.69) is 25.8 Å². The van der Waals surface area contributed by atoms with E-state index in [1.807, 2.05) is 0 Å². The summed E-state index contributed by atoms with van der Waals surface area (Å²) < 4.78 is 3.04. The molecule has 1 N–H and O–H groups in total. The molecule has 0 aliphatic carbocycles. The normalized spacial score (nSPS) is 10.6. The van der Waals surface area contributed by atoms with Crippen LogP contribution in [0.2, 0.25) is 0 Å². The molecule has 2 aromatic heterocycles. The summed E-state index contributed by atoms with van der Waals surface area (Å²) in [6, 6.07) is 0. The lowest BCUT2D eigenvalue weighted by Crippen LogP contribution is -2.02. The van der Waals surface area contributed by atoms with E-state index in [4.69, 9.17) is 5.11 Å². The van der Waals surface area contributed by atoms with Crippen molar-refractivity contribution < 1.29 is 9.90 Å². The number of carbonyl (C=O) groups is 1. The summed E-state index contributed by atoms with van der Waals surface area (Å²) in [5.74, 6) is -0.405. The highest BCUT2D eigenvalue weighted by Gasteiger charge is 2.08. The van der Waals surface area contributed by atoms with Gasteiger partial charge in [-0.1, -0.05) is 17.0 Å². The molecule has 2 aromatic rings. The number of thioether (sulfide) groups is 1. The molecule has 2 heterocycles. The Labute approximate surface area is 99.8 Å². The molecule has 0 unspecified atom stereocenters. The summed E-state index contributed by atoms with van der Waals surface area (Å²) in [5.41, 5.74) is -0.0599. The quantitative estimate of drug-likeness (QED) is 0.697. The molecule has 17 heavy (non-hydrogen) atoms. The van der Waals surface area contributed by atoms with Gasteiger partial charge in [-0.05, 0) is 10.4 Å². The van der Waals surface area contributed by atoms with Crippen LogP contribution in [0.3, 0.4) is 0 Å². The molecule has 0 saturated heterocycles. The van der Waals surface area contributed by atoms with Crippen LogP contribution in [0.15, 0.2) is 11.4 Å². The Balaban J connectivity index is 1.86. The van der Waals surface area contributed by atoms with Crippen LogP contribution in [0.25, 0.3) is 0 Å². The predicted octanol–water partition coefficient (Wildman–Crippen LogP) is -0.708. The summed E-state index contributed by atoms with van der Waals surface area (Å²) >= 11 is 1.46. The maximum Gasteiger partial charge on any atom is 0.358 e. The number of carboxylic acids is 1. The molecular formula is C7H9N7O2S. The first-order valence-electron chi connectivity index (χ1n) is 4.65. The van der Waals surface area contributed by atoms with Crippen molar-refractivity contribution >= 4 is 17.7 Å². The number of carboxylic acid groups (broad SMARTS) is 1. The maximum atomic E-state index is 10.6. The Morgan fingerprint density at radius 2 is 2.29 bits per heavy atom. The number of aromatic carboxylic acids is 1. The fourth-order valence-corrected chi connectivity index (χ4v) is 1.86. The fourth-order valence-electron chi connectivity index (χ4n) is 1.08. The number of aromatic nitrogens is 7. The molecular weight excluding hydrogens is 246 g/mol. The van der Waals surface area contributed by atoms with Gasteiger partial charge in [0.15, 0.2) is 5.69 Å². The Hall–Kier alpha value is -1.97. The van der Waals surface area contributed by atoms with Crippen molar-refractivity contribution in [2.45, 2.75) is 11.7 Å². The van der Waals surface area contributed by atoms with Gasteiger partial charge in [-0.25, -0.2) is 9.48 Å². The second-order valence-corrected chi connectivity index (χ2v) is 4.17. The average Bonchev–Trinajstić information content (AvgIpc) is 2.89. The molecule has 0 aliphatic rings. The van der Waals surface area contributed by atoms with Crippen LogP contribution in [0.1, 0.15) is 10.5 Å². The van der Waals surface area contributed by atoms with Crippen LogP contribution in [-0.4, -0.2) is 52.0 Å². The Morgan fingerprint density at radius 3 is 2.88 bits per heavy atom. The fraction of sp³-hybridized carbons (Fsp3) is 0.429. The summed E-state index contributed by atoms with van der Waals surface area (Å²) in [5, 5.41) is 27.6. The lowest BCUT2D eigenvalue weighted by atomic mass is 10.5. The maximum absolute atomic E-state index is 10.6. The average molecular weight is 255 g/mol. The van der Waals surface area contributed by atoms with Crippen LogP contribution >= 0.6 is 11.8 Å². The van der Waals surface area contributed by atoms with Crippen LogP contribution in [0.5, 0.6) is 0 Å². The van der Waals surface area contributed by atoms with Gasteiger partial charge in [0.2, 0.25) is 5.16 Å². The van der Waals surface area contributed by atoms with E-state index < -0.39 is 5.97 Å². The van der Waals surface area contributed by atoms with Gasteiger partial charge in [-0.3, -0.25) is 4.68 Å². The van der Waals surface area contributed by atoms with Crippen molar-refractivity contribution in [2.24, 2.45) is 7.05 Å². The highest BCUT2D eigenvalue weighted by Crippen LogP contribution is 2.12. The van der Waals surface area contributed by atoms with E-state index in [1.54, 1.807) is 11.7 Å². The molecule has 0 radical (unpaired) electrons. The summed E-state index contributed by atoms with van der Waals surface area (Å²) in [7, 11) is 1.75. The molecule has 2 rings (SSSR count). The molecule has 0 aromatic carbocycles. The van der Waals surface area contributed by atoms with Crippen LogP contribution in [0, 0.1) is 0 Å².